The largest absolute Gasteiger partial charge is 0.493 e. The van der Waals surface area contributed by atoms with E-state index in [0.29, 0.717) is 65.8 Å². The van der Waals surface area contributed by atoms with E-state index in [9.17, 15) is 9.59 Å². The van der Waals surface area contributed by atoms with Gasteiger partial charge in [-0.15, -0.1) is 0 Å². The van der Waals surface area contributed by atoms with Gasteiger partial charge in [-0.3, -0.25) is 9.36 Å². The molecule has 0 N–H and O–H groups in total. The number of para-hydroxylation sites is 1. The van der Waals surface area contributed by atoms with E-state index in [-0.39, 0.29) is 24.3 Å². The number of thiazole rings is 1. The molecule has 230 valence electrons. The second-order valence-corrected chi connectivity index (χ2v) is 11.5. The summed E-state index contributed by atoms with van der Waals surface area (Å²) in [5.41, 5.74) is 1.46. The summed E-state index contributed by atoms with van der Waals surface area (Å²) in [4.78, 5) is 32.7. The van der Waals surface area contributed by atoms with Crippen LogP contribution in [-0.2, 0) is 14.3 Å². The quantitative estimate of drug-likeness (QED) is 0.149. The first-order chi connectivity index (χ1) is 21.3. The van der Waals surface area contributed by atoms with Crippen molar-refractivity contribution in [1.82, 2.24) is 4.57 Å². The normalized spacial score (nSPS) is 14.8. The molecule has 0 bridgehead atoms. The Balaban J connectivity index is 1.67. The monoisotopic (exact) mass is 656 g/mol. The molecule has 0 aliphatic carbocycles. The van der Waals surface area contributed by atoms with E-state index < -0.39 is 12.0 Å². The van der Waals surface area contributed by atoms with Crippen LogP contribution in [0.4, 0.5) is 0 Å². The number of carbonyl (C=O) groups excluding carboxylic acids is 1. The minimum absolute atomic E-state index is 0.0397. The average molecular weight is 658 g/mol. The Morgan fingerprint density at radius 3 is 2.64 bits per heavy atom. The van der Waals surface area contributed by atoms with Crippen molar-refractivity contribution in [2.24, 2.45) is 4.99 Å². The van der Waals surface area contributed by atoms with E-state index in [1.165, 1.54) is 23.0 Å². The van der Waals surface area contributed by atoms with Gasteiger partial charge in [0.05, 0.1) is 46.2 Å². The van der Waals surface area contributed by atoms with Gasteiger partial charge in [0.2, 0.25) is 0 Å². The van der Waals surface area contributed by atoms with Gasteiger partial charge >= 0.3 is 5.97 Å². The van der Waals surface area contributed by atoms with Gasteiger partial charge in [-0.05, 0) is 43.7 Å². The summed E-state index contributed by atoms with van der Waals surface area (Å²) in [7, 11) is 3.06. The number of esters is 1. The number of hydrogen-bond acceptors (Lipinski definition) is 9. The van der Waals surface area contributed by atoms with E-state index in [1.54, 1.807) is 62.6 Å². The van der Waals surface area contributed by atoms with Crippen molar-refractivity contribution < 1.29 is 28.2 Å². The summed E-state index contributed by atoms with van der Waals surface area (Å²) in [6, 6.07) is 13.2. The molecule has 3 heterocycles. The maximum Gasteiger partial charge on any atom is 0.338 e. The van der Waals surface area contributed by atoms with Crippen molar-refractivity contribution in [3.63, 3.8) is 0 Å². The molecule has 12 heteroatoms. The average Bonchev–Trinajstić information content (AvgIpc) is 3.60. The number of allylic oxidation sites excluding steroid dienone is 1. The zero-order valence-corrected chi connectivity index (χ0v) is 26.8. The van der Waals surface area contributed by atoms with E-state index in [1.807, 2.05) is 13.0 Å². The minimum atomic E-state index is -0.900. The van der Waals surface area contributed by atoms with Gasteiger partial charge in [0.15, 0.2) is 16.3 Å². The summed E-state index contributed by atoms with van der Waals surface area (Å²) in [6.07, 6.45) is 2.38. The van der Waals surface area contributed by atoms with Gasteiger partial charge in [0, 0.05) is 24.3 Å². The lowest BCUT2D eigenvalue weighted by Crippen LogP contribution is -2.40. The predicted molar refractivity (Wildman–Crippen MR) is 170 cm³/mol. The lowest BCUT2D eigenvalue weighted by molar-refractivity contribution is -0.140. The van der Waals surface area contributed by atoms with E-state index in [4.69, 9.17) is 46.6 Å². The molecule has 1 aliphatic heterocycles. The van der Waals surface area contributed by atoms with Crippen LogP contribution in [0.1, 0.15) is 37.6 Å². The highest BCUT2D eigenvalue weighted by molar-refractivity contribution is 7.07. The third-order valence-electron chi connectivity index (χ3n) is 6.85. The predicted octanol–water partition coefficient (Wildman–Crippen LogP) is 5.79. The van der Waals surface area contributed by atoms with E-state index in [2.05, 4.69) is 4.99 Å². The van der Waals surface area contributed by atoms with Crippen molar-refractivity contribution in [3.8, 4) is 22.8 Å². The third kappa shape index (κ3) is 6.21. The van der Waals surface area contributed by atoms with Crippen LogP contribution in [0.25, 0.3) is 17.4 Å². The molecule has 5 rings (SSSR count). The highest BCUT2D eigenvalue weighted by atomic mass is 35.5. The third-order valence-corrected chi connectivity index (χ3v) is 8.66. The van der Waals surface area contributed by atoms with Crippen LogP contribution in [-0.4, -0.2) is 44.6 Å². The number of fused-ring (bicyclic) bond motifs is 1. The van der Waals surface area contributed by atoms with Crippen molar-refractivity contribution in [2.75, 3.05) is 34.0 Å². The highest BCUT2D eigenvalue weighted by Gasteiger charge is 2.36. The number of aromatic nitrogens is 1. The van der Waals surface area contributed by atoms with Crippen LogP contribution >= 0.6 is 34.5 Å². The van der Waals surface area contributed by atoms with Gasteiger partial charge in [0.1, 0.15) is 24.2 Å². The van der Waals surface area contributed by atoms with Gasteiger partial charge in [-0.25, -0.2) is 9.79 Å². The molecular formula is C32H30Cl2N2O7S. The SMILES string of the molecule is CCCOc1c(OC)cccc1[C@@H]1C(C(=O)OCCOC)=C(C)N=c2s/c(=C/c3ccc(-c4cccc(Cl)c4Cl)o3)c(=O)n21. The summed E-state index contributed by atoms with van der Waals surface area (Å²) in [6.45, 7) is 4.37. The smallest absolute Gasteiger partial charge is 0.338 e. The Labute approximate surface area is 267 Å². The lowest BCUT2D eigenvalue weighted by atomic mass is 9.94. The molecule has 0 radical (unpaired) electrons. The van der Waals surface area contributed by atoms with Crippen LogP contribution in [0.5, 0.6) is 11.5 Å². The number of benzene rings is 2. The maximum absolute atomic E-state index is 14.1. The first-order valence-electron chi connectivity index (χ1n) is 13.8. The Morgan fingerprint density at radius 1 is 1.09 bits per heavy atom. The second-order valence-electron chi connectivity index (χ2n) is 9.74. The summed E-state index contributed by atoms with van der Waals surface area (Å²) < 4.78 is 30.2. The number of ether oxygens (including phenoxy) is 4. The number of rotatable bonds is 11. The molecule has 0 spiro atoms. The molecule has 4 aromatic rings. The van der Waals surface area contributed by atoms with E-state index >= 15 is 0 Å². The van der Waals surface area contributed by atoms with Gasteiger partial charge in [-0.1, -0.05) is 59.7 Å². The fourth-order valence-corrected chi connectivity index (χ4v) is 6.26. The molecule has 0 fully saturated rings. The molecule has 0 amide bonds. The molecule has 0 unspecified atom stereocenters. The standard InChI is InChI=1S/C32H30Cl2N2O7S/c1-5-14-41-29-21(9-7-11-24(29)40-4)28-26(31(38)42-16-15-39-3)18(2)35-32-36(28)30(37)25(44-32)17-19-12-13-23(43-19)20-8-6-10-22(33)27(20)34/h6-13,17,28H,5,14-16H2,1-4H3/b25-17+/t28-/m1/s1. The molecule has 9 nitrogen and oxygen atoms in total. The summed E-state index contributed by atoms with van der Waals surface area (Å²) in [5, 5.41) is 0.774. The van der Waals surface area contributed by atoms with Gasteiger partial charge < -0.3 is 23.4 Å². The van der Waals surface area contributed by atoms with Gasteiger partial charge in [-0.2, -0.15) is 0 Å². The molecule has 2 aromatic carbocycles. The van der Waals surface area contributed by atoms with Gasteiger partial charge in [0.25, 0.3) is 5.56 Å². The van der Waals surface area contributed by atoms with Crippen LogP contribution in [0.15, 0.2) is 74.0 Å². The molecular weight excluding hydrogens is 627 g/mol. The molecule has 1 atom stereocenters. The van der Waals surface area contributed by atoms with Crippen LogP contribution in [0.3, 0.4) is 0 Å². The molecule has 0 saturated heterocycles. The Morgan fingerprint density at radius 2 is 1.89 bits per heavy atom. The van der Waals surface area contributed by atoms with Crippen molar-refractivity contribution in [3.05, 3.63) is 101 Å². The van der Waals surface area contributed by atoms with Crippen molar-refractivity contribution in [2.45, 2.75) is 26.3 Å². The van der Waals surface area contributed by atoms with E-state index in [0.717, 1.165) is 6.42 Å². The molecule has 0 saturated carbocycles. The molecule has 2 aromatic heterocycles. The second kappa shape index (κ2) is 13.9. The van der Waals surface area contributed by atoms with Crippen LogP contribution < -0.4 is 24.4 Å². The highest BCUT2D eigenvalue weighted by Crippen LogP contribution is 2.41. The summed E-state index contributed by atoms with van der Waals surface area (Å²) >= 11 is 13.8. The zero-order chi connectivity index (χ0) is 31.4. The van der Waals surface area contributed by atoms with Crippen molar-refractivity contribution >= 4 is 46.6 Å². The van der Waals surface area contributed by atoms with Crippen LogP contribution in [0.2, 0.25) is 10.0 Å². The molecule has 1 aliphatic rings. The topological polar surface area (TPSA) is 101 Å². The van der Waals surface area contributed by atoms with Crippen molar-refractivity contribution in [1.29, 1.82) is 0 Å². The Kier molecular flexibility index (Phi) is 9.95. The summed E-state index contributed by atoms with van der Waals surface area (Å²) in [5.74, 6) is 1.23. The number of halogens is 2. The number of carbonyl (C=O) groups is 1. The molecule has 44 heavy (non-hydrogen) atoms. The fourth-order valence-electron chi connectivity index (χ4n) is 4.84. The maximum atomic E-state index is 14.1. The number of hydrogen-bond donors (Lipinski definition) is 0. The first-order valence-corrected chi connectivity index (χ1v) is 15.4. The minimum Gasteiger partial charge on any atom is -0.493 e. The zero-order valence-electron chi connectivity index (χ0n) is 24.5. The number of methoxy groups -OCH3 is 2. The Hall–Kier alpha value is -3.83. The Bertz CT molecular complexity index is 1910. The number of nitrogens with zero attached hydrogens (tertiary/aromatic N) is 2. The number of furan rings is 1. The lowest BCUT2D eigenvalue weighted by Gasteiger charge is -2.27. The fraction of sp³-hybridized carbons (Fsp3) is 0.281. The van der Waals surface area contributed by atoms with Crippen LogP contribution in [0, 0.1) is 0 Å². The first kappa shape index (κ1) is 31.6.